The van der Waals surface area contributed by atoms with Crippen LogP contribution in [0.2, 0.25) is 0 Å². The number of aromatic nitrogens is 1. The van der Waals surface area contributed by atoms with E-state index in [1.54, 1.807) is 30.3 Å². The molecule has 94 valence electrons. The van der Waals surface area contributed by atoms with Crippen LogP contribution in [0.1, 0.15) is 16.1 Å². The molecule has 0 N–H and O–H groups in total. The van der Waals surface area contributed by atoms with Crippen molar-refractivity contribution in [2.75, 3.05) is 0 Å². The molecule has 0 fully saturated rings. The maximum Gasteiger partial charge on any atom is 0.276 e. The van der Waals surface area contributed by atoms with Crippen LogP contribution in [0.5, 0.6) is 0 Å². The van der Waals surface area contributed by atoms with Gasteiger partial charge in [-0.15, -0.1) is 0 Å². The molecule has 0 spiro atoms. The van der Waals surface area contributed by atoms with Gasteiger partial charge in [-0.2, -0.15) is 0 Å². The summed E-state index contributed by atoms with van der Waals surface area (Å²) in [4.78, 5) is 12.1. The highest BCUT2D eigenvalue weighted by Gasteiger charge is 2.20. The van der Waals surface area contributed by atoms with Crippen molar-refractivity contribution >= 4 is 25.5 Å². The van der Waals surface area contributed by atoms with Gasteiger partial charge in [0.2, 0.25) is 5.78 Å². The first-order valence-corrected chi connectivity index (χ1v) is 7.42. The lowest BCUT2D eigenvalue weighted by molar-refractivity contribution is 0.103. The maximum absolute atomic E-state index is 12.1. The van der Waals surface area contributed by atoms with E-state index in [1.165, 1.54) is 23.7 Å². The molecule has 0 aliphatic rings. The van der Waals surface area contributed by atoms with Crippen LogP contribution in [-0.4, -0.2) is 18.8 Å². The van der Waals surface area contributed by atoms with Crippen molar-refractivity contribution in [2.45, 2.75) is 5.03 Å². The highest BCUT2D eigenvalue weighted by atomic mass is 35.7. The number of benzene rings is 1. The van der Waals surface area contributed by atoms with Gasteiger partial charge in [0.05, 0.1) is 5.69 Å². The molecule has 18 heavy (non-hydrogen) atoms. The average Bonchev–Trinajstić information content (AvgIpc) is 2.71. The molecule has 2 aromatic rings. The third kappa shape index (κ3) is 2.32. The molecular formula is C12H10ClNO3S. The first-order chi connectivity index (χ1) is 8.41. The molecule has 2 rings (SSSR count). The summed E-state index contributed by atoms with van der Waals surface area (Å²) >= 11 is 0. The monoisotopic (exact) mass is 283 g/mol. The second-order valence-corrected chi connectivity index (χ2v) is 6.26. The summed E-state index contributed by atoms with van der Waals surface area (Å²) in [6.07, 6.45) is 0. The standard InChI is InChI=1S/C12H10ClNO3S/c1-14-10(7-8-11(14)18(13,16)17)12(15)9-5-3-2-4-6-9/h2-8H,1H3. The number of rotatable bonds is 3. The zero-order chi connectivity index (χ0) is 13.3. The fourth-order valence-electron chi connectivity index (χ4n) is 1.70. The van der Waals surface area contributed by atoms with Crippen molar-refractivity contribution in [1.29, 1.82) is 0 Å². The fraction of sp³-hybridized carbons (Fsp3) is 0.0833. The van der Waals surface area contributed by atoms with Crippen molar-refractivity contribution in [3.63, 3.8) is 0 Å². The van der Waals surface area contributed by atoms with Gasteiger partial charge in [-0.05, 0) is 12.1 Å². The minimum atomic E-state index is -3.85. The number of hydrogen-bond donors (Lipinski definition) is 0. The summed E-state index contributed by atoms with van der Waals surface area (Å²) in [5, 5.41) is -0.0940. The van der Waals surface area contributed by atoms with Crippen LogP contribution < -0.4 is 0 Å². The van der Waals surface area contributed by atoms with Crippen molar-refractivity contribution in [2.24, 2.45) is 7.05 Å². The van der Waals surface area contributed by atoms with Crippen LogP contribution in [0.15, 0.2) is 47.5 Å². The van der Waals surface area contributed by atoms with Crippen LogP contribution in [0.4, 0.5) is 0 Å². The van der Waals surface area contributed by atoms with E-state index in [0.717, 1.165) is 0 Å². The molecule has 0 saturated carbocycles. The average molecular weight is 284 g/mol. The summed E-state index contributed by atoms with van der Waals surface area (Å²) in [6, 6.07) is 11.4. The quantitative estimate of drug-likeness (QED) is 0.641. The summed E-state index contributed by atoms with van der Waals surface area (Å²) in [5.41, 5.74) is 0.776. The van der Waals surface area contributed by atoms with E-state index >= 15 is 0 Å². The lowest BCUT2D eigenvalue weighted by Gasteiger charge is -2.04. The Hall–Kier alpha value is -1.59. The van der Waals surface area contributed by atoms with E-state index < -0.39 is 9.05 Å². The molecule has 0 bridgehead atoms. The molecule has 0 unspecified atom stereocenters. The van der Waals surface area contributed by atoms with E-state index in [9.17, 15) is 13.2 Å². The van der Waals surface area contributed by atoms with Crippen molar-refractivity contribution < 1.29 is 13.2 Å². The van der Waals surface area contributed by atoms with Gasteiger partial charge in [0.15, 0.2) is 5.03 Å². The number of halogens is 1. The Morgan fingerprint density at radius 1 is 1.11 bits per heavy atom. The highest BCUT2D eigenvalue weighted by Crippen LogP contribution is 2.19. The predicted molar refractivity (Wildman–Crippen MR) is 68.3 cm³/mol. The Bertz CT molecular complexity index is 689. The number of nitrogens with zero attached hydrogens (tertiary/aromatic N) is 1. The smallest absolute Gasteiger partial charge is 0.276 e. The van der Waals surface area contributed by atoms with E-state index in [4.69, 9.17) is 10.7 Å². The third-order valence-electron chi connectivity index (χ3n) is 2.59. The Labute approximate surface area is 109 Å². The minimum Gasteiger partial charge on any atom is -0.331 e. The topological polar surface area (TPSA) is 56.1 Å². The third-order valence-corrected chi connectivity index (χ3v) is 3.98. The van der Waals surface area contributed by atoms with E-state index in [2.05, 4.69) is 0 Å². The van der Waals surface area contributed by atoms with Gasteiger partial charge in [0.25, 0.3) is 9.05 Å². The van der Waals surface area contributed by atoms with Crippen LogP contribution in [0.3, 0.4) is 0 Å². The van der Waals surface area contributed by atoms with Crippen molar-refractivity contribution in [3.05, 3.63) is 53.7 Å². The van der Waals surface area contributed by atoms with Crippen LogP contribution in [0.25, 0.3) is 0 Å². The largest absolute Gasteiger partial charge is 0.331 e. The lowest BCUT2D eigenvalue weighted by atomic mass is 10.1. The summed E-state index contributed by atoms with van der Waals surface area (Å²) in [5.74, 6) is -0.246. The molecule has 6 heteroatoms. The van der Waals surface area contributed by atoms with Gasteiger partial charge < -0.3 is 4.57 Å². The van der Waals surface area contributed by atoms with E-state index in [0.29, 0.717) is 5.56 Å². The second-order valence-electron chi connectivity index (χ2n) is 3.75. The Morgan fingerprint density at radius 2 is 1.72 bits per heavy atom. The summed E-state index contributed by atoms with van der Waals surface area (Å²) < 4.78 is 23.8. The van der Waals surface area contributed by atoms with Gasteiger partial charge in [0, 0.05) is 23.3 Å². The molecule has 0 aliphatic carbocycles. The Balaban J connectivity index is 2.49. The number of hydrogen-bond acceptors (Lipinski definition) is 3. The molecule has 1 aromatic carbocycles. The summed E-state index contributed by atoms with van der Waals surface area (Å²) in [6.45, 7) is 0. The Kier molecular flexibility index (Phi) is 3.28. The molecule has 0 amide bonds. The van der Waals surface area contributed by atoms with Gasteiger partial charge in [-0.1, -0.05) is 30.3 Å². The molecule has 4 nitrogen and oxygen atoms in total. The lowest BCUT2D eigenvalue weighted by Crippen LogP contribution is -2.10. The first-order valence-electron chi connectivity index (χ1n) is 5.11. The van der Waals surface area contributed by atoms with Gasteiger partial charge in [-0.3, -0.25) is 4.79 Å². The van der Waals surface area contributed by atoms with Gasteiger partial charge in [-0.25, -0.2) is 8.42 Å². The zero-order valence-electron chi connectivity index (χ0n) is 9.50. The number of carbonyl (C=O) groups excluding carboxylic acids is 1. The fourth-order valence-corrected chi connectivity index (χ4v) is 2.82. The number of ketones is 1. The van der Waals surface area contributed by atoms with Crippen LogP contribution in [0, 0.1) is 0 Å². The molecule has 0 saturated heterocycles. The van der Waals surface area contributed by atoms with Crippen LogP contribution >= 0.6 is 10.7 Å². The molecular weight excluding hydrogens is 274 g/mol. The van der Waals surface area contributed by atoms with Gasteiger partial charge in [0.1, 0.15) is 0 Å². The maximum atomic E-state index is 12.1. The second kappa shape index (κ2) is 4.59. The normalized spacial score (nSPS) is 11.4. The van der Waals surface area contributed by atoms with Crippen molar-refractivity contribution in [1.82, 2.24) is 4.57 Å². The van der Waals surface area contributed by atoms with E-state index in [-0.39, 0.29) is 16.5 Å². The Morgan fingerprint density at radius 3 is 2.22 bits per heavy atom. The van der Waals surface area contributed by atoms with Crippen LogP contribution in [-0.2, 0) is 16.1 Å². The summed E-state index contributed by atoms with van der Waals surface area (Å²) in [7, 11) is 2.91. The van der Waals surface area contributed by atoms with Crippen molar-refractivity contribution in [3.8, 4) is 0 Å². The van der Waals surface area contributed by atoms with Gasteiger partial charge >= 0.3 is 0 Å². The molecule has 0 atom stereocenters. The molecule has 0 aliphatic heterocycles. The predicted octanol–water partition coefficient (Wildman–Crippen LogP) is 2.18. The zero-order valence-corrected chi connectivity index (χ0v) is 11.1. The molecule has 1 aromatic heterocycles. The number of carbonyl (C=O) groups is 1. The highest BCUT2D eigenvalue weighted by molar-refractivity contribution is 8.13. The molecule has 1 heterocycles. The first kappa shape index (κ1) is 12.9. The molecule has 0 radical (unpaired) electrons. The minimum absolute atomic E-state index is 0.0940. The SMILES string of the molecule is Cn1c(C(=O)c2ccccc2)ccc1S(=O)(=O)Cl. The van der Waals surface area contributed by atoms with E-state index in [1.807, 2.05) is 0 Å².